The number of pyridine rings is 2. The van der Waals surface area contributed by atoms with Gasteiger partial charge in [0.25, 0.3) is 0 Å². The van der Waals surface area contributed by atoms with Crippen molar-refractivity contribution < 1.29 is 47.7 Å². The molecule has 4 heterocycles. The number of amides is 5. The summed E-state index contributed by atoms with van der Waals surface area (Å²) >= 11 is 0. The summed E-state index contributed by atoms with van der Waals surface area (Å²) in [5.41, 5.74) is 7.95. The SMILES string of the molecule is CCCCCC(=O)Nc1cccc(CN(Cc2cc(CN(Cc3cccc(NC(=O)CCCCC)n3)Cc3ncc[nH]3)cc(OCCCCN(Cc3ccc(-c4ccccc4)cc3)C(=O)COCCOCCOCC(=O)NCc3ccc(CNC(=O)OC(C)(C)C)cc3)c2)Cc2ncc[nH]2)n1. The van der Waals surface area contributed by atoms with E-state index in [-0.39, 0.29) is 63.3 Å². The number of benzene rings is 4. The van der Waals surface area contributed by atoms with Crippen molar-refractivity contribution in [1.29, 1.82) is 0 Å². The topological polar surface area (TPSA) is 272 Å². The molecule has 0 radical (unpaired) electrons. The molecule has 0 saturated heterocycles. The van der Waals surface area contributed by atoms with Gasteiger partial charge in [-0.3, -0.25) is 29.0 Å². The molecule has 0 fully saturated rings. The number of unbranched alkanes of at least 4 members (excludes halogenated alkanes) is 5. The highest BCUT2D eigenvalue weighted by Crippen LogP contribution is 2.25. The lowest BCUT2D eigenvalue weighted by atomic mass is 10.0. The highest BCUT2D eigenvalue weighted by molar-refractivity contribution is 5.90. The van der Waals surface area contributed by atoms with E-state index < -0.39 is 11.7 Å². The number of hydrogen-bond acceptors (Lipinski definition) is 16. The van der Waals surface area contributed by atoms with Crippen LogP contribution in [0.4, 0.5) is 16.4 Å². The van der Waals surface area contributed by atoms with Crippen molar-refractivity contribution in [2.24, 2.45) is 0 Å². The van der Waals surface area contributed by atoms with Crippen LogP contribution >= 0.6 is 0 Å². The third-order valence-corrected chi connectivity index (χ3v) is 16.1. The molecule has 5 amide bonds. The van der Waals surface area contributed by atoms with Crippen molar-refractivity contribution in [3.63, 3.8) is 0 Å². The first-order valence-electron chi connectivity index (χ1n) is 35.3. The summed E-state index contributed by atoms with van der Waals surface area (Å²) in [5, 5.41) is 11.6. The van der Waals surface area contributed by atoms with Gasteiger partial charge in [-0.15, -0.1) is 0 Å². The Bertz CT molecular complexity index is 3610. The van der Waals surface area contributed by atoms with Gasteiger partial charge in [-0.1, -0.05) is 137 Å². The van der Waals surface area contributed by atoms with Crippen molar-refractivity contribution in [2.45, 2.75) is 163 Å². The Morgan fingerprint density at radius 1 is 0.475 bits per heavy atom. The Morgan fingerprint density at radius 3 is 1.53 bits per heavy atom. The van der Waals surface area contributed by atoms with E-state index in [2.05, 4.69) is 119 Å². The molecular weight excluding hydrogens is 1280 g/mol. The fraction of sp³-hybridized carbons (Fsp3) is 0.423. The van der Waals surface area contributed by atoms with E-state index in [1.807, 2.05) is 117 Å². The molecule has 0 saturated carbocycles. The van der Waals surface area contributed by atoms with E-state index in [0.29, 0.717) is 115 Å². The second-order valence-electron chi connectivity index (χ2n) is 26.0. The van der Waals surface area contributed by atoms with Gasteiger partial charge in [-0.25, -0.2) is 24.7 Å². The molecule has 0 bridgehead atoms. The summed E-state index contributed by atoms with van der Waals surface area (Å²) in [6.45, 7) is 15.0. The largest absolute Gasteiger partial charge is 0.494 e. The zero-order chi connectivity index (χ0) is 71.3. The van der Waals surface area contributed by atoms with Crippen LogP contribution in [0, 0.1) is 0 Å². The zero-order valence-corrected chi connectivity index (χ0v) is 59.3. The first-order valence-corrected chi connectivity index (χ1v) is 35.3. The normalized spacial score (nSPS) is 11.4. The van der Waals surface area contributed by atoms with Crippen molar-refractivity contribution >= 4 is 41.4 Å². The number of aromatic nitrogens is 6. The Labute approximate surface area is 594 Å². The molecule has 4 aromatic heterocycles. The Kier molecular flexibility index (Phi) is 32.4. The molecule has 23 nitrogen and oxygen atoms in total. The smallest absolute Gasteiger partial charge is 0.407 e. The maximum atomic E-state index is 14.1. The summed E-state index contributed by atoms with van der Waals surface area (Å²) in [5.74, 6) is 2.75. The Hall–Kier alpha value is -9.65. The molecule has 0 aliphatic heterocycles. The van der Waals surface area contributed by atoms with Crippen LogP contribution in [0.25, 0.3) is 11.1 Å². The average Bonchev–Trinajstić information content (AvgIpc) is 1.25. The Morgan fingerprint density at radius 2 is 1.00 bits per heavy atom. The number of carbonyl (C=O) groups excluding carboxylic acids is 5. The minimum absolute atomic E-state index is 0.0543. The first-order chi connectivity index (χ1) is 49.1. The van der Waals surface area contributed by atoms with Crippen molar-refractivity contribution in [1.82, 2.24) is 55.2 Å². The van der Waals surface area contributed by atoms with E-state index >= 15 is 0 Å². The number of rotatable bonds is 45. The number of H-pyrrole nitrogens is 2. The zero-order valence-electron chi connectivity index (χ0n) is 59.3. The van der Waals surface area contributed by atoms with E-state index in [4.69, 9.17) is 33.7 Å². The van der Waals surface area contributed by atoms with E-state index in [9.17, 15) is 24.0 Å². The second kappa shape index (κ2) is 42.5. The second-order valence-corrected chi connectivity index (χ2v) is 26.0. The number of imidazole rings is 2. The number of alkyl carbamates (subject to hydrolysis) is 1. The van der Waals surface area contributed by atoms with Crippen LogP contribution in [0.3, 0.4) is 0 Å². The summed E-state index contributed by atoms with van der Waals surface area (Å²) < 4.78 is 29.2. The van der Waals surface area contributed by atoms with Gasteiger partial charge in [0.05, 0.1) is 57.5 Å². The Balaban J connectivity index is 0.894. The van der Waals surface area contributed by atoms with Crippen LogP contribution in [0.5, 0.6) is 5.75 Å². The lowest BCUT2D eigenvalue weighted by Crippen LogP contribution is -2.35. The molecule has 4 aromatic carbocycles. The molecule has 0 unspecified atom stereocenters. The van der Waals surface area contributed by atoms with Crippen molar-refractivity contribution in [3.05, 3.63) is 209 Å². The van der Waals surface area contributed by atoms with Gasteiger partial charge in [0.15, 0.2) is 0 Å². The maximum Gasteiger partial charge on any atom is 0.407 e. The minimum Gasteiger partial charge on any atom is -0.494 e. The van der Waals surface area contributed by atoms with Crippen LogP contribution in [-0.2, 0) is 97.0 Å². The van der Waals surface area contributed by atoms with Crippen LogP contribution < -0.4 is 26.0 Å². The summed E-state index contributed by atoms with van der Waals surface area (Å²) in [6.07, 6.45) is 14.5. The minimum atomic E-state index is -0.580. The number of aromatic amines is 2. The molecule has 23 heteroatoms. The number of nitrogens with zero attached hydrogens (tertiary/aromatic N) is 7. The van der Waals surface area contributed by atoms with E-state index in [1.54, 1.807) is 12.4 Å². The van der Waals surface area contributed by atoms with Crippen LogP contribution in [0.1, 0.15) is 150 Å². The van der Waals surface area contributed by atoms with Gasteiger partial charge in [-0.2, -0.15) is 0 Å². The monoisotopic (exact) mass is 1380 g/mol. The van der Waals surface area contributed by atoms with E-state index in [0.717, 1.165) is 101 Å². The molecule has 0 atom stereocenters. The molecule has 8 rings (SSSR count). The van der Waals surface area contributed by atoms with Gasteiger partial charge in [0.2, 0.25) is 23.6 Å². The maximum absolute atomic E-state index is 14.1. The van der Waals surface area contributed by atoms with Gasteiger partial charge in [-0.05, 0) is 122 Å². The number of carbonyl (C=O) groups is 5. The standard InChI is InChI=1S/C78H101N13O10/c1-6-8-11-25-73(92)87-69-23-17-21-66(85-69)53-89(55-71-79-35-36-80-71)50-62-45-63(51-90(56-72-81-37-38-82-72)54-67-22-18-24-70(86-67)88-74(93)26-12-9-7-2)47-68(46-62)100-40-16-15-39-91(52-61-31-33-65(34-32-61)64-19-13-10-14-20-64)76(95)58-99-44-42-97-41-43-98-57-75(94)83-48-59-27-29-60(30-28-59)49-84-77(96)101-78(3,4)5/h10,13-14,17-24,27-38,45-47H,6-9,11-12,15-16,25-26,39-44,48-58H2,1-5H3,(H,79,80)(H,81,82)(H,83,94)(H,84,96)(H,85,87,92)(H,86,88,93). The molecule has 0 aliphatic rings. The van der Waals surface area contributed by atoms with Crippen molar-refractivity contribution in [3.8, 4) is 16.9 Å². The van der Waals surface area contributed by atoms with Crippen LogP contribution in [0.15, 0.2) is 158 Å². The molecule has 101 heavy (non-hydrogen) atoms. The number of nitrogens with one attached hydrogen (secondary N) is 6. The van der Waals surface area contributed by atoms with Crippen LogP contribution in [-0.4, -0.2) is 133 Å². The summed E-state index contributed by atoms with van der Waals surface area (Å²) in [4.78, 5) is 96.3. The molecule has 0 spiro atoms. The third kappa shape index (κ3) is 30.0. The molecular formula is C78H101N13O10. The van der Waals surface area contributed by atoms with Gasteiger partial charge >= 0.3 is 6.09 Å². The molecule has 6 N–H and O–H groups in total. The average molecular weight is 1380 g/mol. The number of hydrogen-bond donors (Lipinski definition) is 6. The first kappa shape index (κ1) is 77.1. The number of anilines is 2. The van der Waals surface area contributed by atoms with Crippen molar-refractivity contribution in [2.75, 3.05) is 63.4 Å². The summed E-state index contributed by atoms with van der Waals surface area (Å²) in [7, 11) is 0. The molecule has 0 aliphatic carbocycles. The summed E-state index contributed by atoms with van der Waals surface area (Å²) in [6, 6.07) is 43.8. The van der Waals surface area contributed by atoms with Gasteiger partial charge in [0, 0.05) is 90.0 Å². The van der Waals surface area contributed by atoms with Gasteiger partial charge < -0.3 is 59.8 Å². The fourth-order valence-electron chi connectivity index (χ4n) is 11.1. The van der Waals surface area contributed by atoms with E-state index in [1.165, 1.54) is 0 Å². The molecule has 538 valence electrons. The predicted octanol–water partition coefficient (Wildman–Crippen LogP) is 12.6. The highest BCUT2D eigenvalue weighted by Gasteiger charge is 2.20. The molecule has 8 aromatic rings. The van der Waals surface area contributed by atoms with Crippen LogP contribution in [0.2, 0.25) is 0 Å². The third-order valence-electron chi connectivity index (χ3n) is 16.1. The lowest BCUT2D eigenvalue weighted by molar-refractivity contribution is -0.137. The fourth-order valence-corrected chi connectivity index (χ4v) is 11.1. The predicted molar refractivity (Wildman–Crippen MR) is 389 cm³/mol. The lowest BCUT2D eigenvalue weighted by Gasteiger charge is -2.24. The highest BCUT2D eigenvalue weighted by atomic mass is 16.6. The van der Waals surface area contributed by atoms with Gasteiger partial charge in [0.1, 0.15) is 47.8 Å². The number of ether oxygens (including phenoxy) is 5. The quantitative estimate of drug-likeness (QED) is 0.0194.